The van der Waals surface area contributed by atoms with Crippen LogP contribution in [-0.2, 0) is 6.42 Å². The minimum atomic E-state index is 0.715. The molecule has 1 N–H and O–H groups in total. The lowest BCUT2D eigenvalue weighted by molar-refractivity contribution is 0.774. The molecule has 0 bridgehead atoms. The highest BCUT2D eigenvalue weighted by molar-refractivity contribution is 5.50. The van der Waals surface area contributed by atoms with Gasteiger partial charge in [-0.05, 0) is 58.5 Å². The van der Waals surface area contributed by atoms with Crippen LogP contribution in [0.3, 0.4) is 0 Å². The van der Waals surface area contributed by atoms with Crippen LogP contribution in [0.1, 0.15) is 22.6 Å². The minimum absolute atomic E-state index is 0.715. The number of likely N-dealkylation sites (N-methyl/N-ethyl adjacent to an activating group) is 1. The second-order valence-corrected chi connectivity index (χ2v) is 4.71. The van der Waals surface area contributed by atoms with Gasteiger partial charge in [0.15, 0.2) is 5.82 Å². The van der Waals surface area contributed by atoms with E-state index in [2.05, 4.69) is 20.3 Å². The average molecular weight is 256 g/mol. The van der Waals surface area contributed by atoms with Gasteiger partial charge in [-0.2, -0.15) is 0 Å². The zero-order valence-electron chi connectivity index (χ0n) is 12.0. The molecule has 0 spiro atoms. The molecule has 0 aliphatic carbocycles. The van der Waals surface area contributed by atoms with Gasteiger partial charge in [-0.15, -0.1) is 0 Å². The quantitative estimate of drug-likeness (QED) is 0.911. The highest BCUT2D eigenvalue weighted by Gasteiger charge is 2.10. The van der Waals surface area contributed by atoms with Crippen LogP contribution in [-0.4, -0.2) is 28.5 Å². The van der Waals surface area contributed by atoms with Gasteiger partial charge in [-0.3, -0.25) is 0 Å². The molecule has 2 aromatic rings. The Morgan fingerprint density at radius 1 is 1.00 bits per heavy atom. The lowest BCUT2D eigenvalue weighted by atomic mass is 10.1. The normalized spacial score (nSPS) is 10.7. The zero-order valence-corrected chi connectivity index (χ0v) is 12.0. The number of nitrogens with one attached hydrogen (secondary N) is 1. The summed E-state index contributed by atoms with van der Waals surface area (Å²) in [5, 5.41) is 3.16. The van der Waals surface area contributed by atoms with Gasteiger partial charge in [-0.1, -0.05) is 6.07 Å². The molecule has 4 nitrogen and oxygen atoms in total. The monoisotopic (exact) mass is 256 g/mol. The van der Waals surface area contributed by atoms with Crippen LogP contribution < -0.4 is 5.32 Å². The number of rotatable bonds is 4. The maximum absolute atomic E-state index is 4.60. The van der Waals surface area contributed by atoms with Crippen LogP contribution >= 0.6 is 0 Å². The molecule has 0 atom stereocenters. The highest BCUT2D eigenvalue weighted by Crippen LogP contribution is 2.17. The Balaban J connectivity index is 2.39. The molecule has 2 heterocycles. The third-order valence-corrected chi connectivity index (χ3v) is 3.16. The molecule has 0 aliphatic rings. The Labute approximate surface area is 114 Å². The molecule has 0 amide bonds. The predicted molar refractivity (Wildman–Crippen MR) is 77.1 cm³/mol. The summed E-state index contributed by atoms with van der Waals surface area (Å²) in [5.74, 6) is 0.715. The summed E-state index contributed by atoms with van der Waals surface area (Å²) in [6.45, 7) is 7.00. The van der Waals surface area contributed by atoms with E-state index in [1.165, 1.54) is 5.56 Å². The molecule has 0 fully saturated rings. The number of hydrogen-bond donors (Lipinski definition) is 1. The largest absolute Gasteiger partial charge is 0.319 e. The van der Waals surface area contributed by atoms with Gasteiger partial charge in [-0.25, -0.2) is 15.0 Å². The fourth-order valence-corrected chi connectivity index (χ4v) is 2.13. The van der Waals surface area contributed by atoms with E-state index in [-0.39, 0.29) is 0 Å². The van der Waals surface area contributed by atoms with Crippen molar-refractivity contribution in [1.29, 1.82) is 0 Å². The lowest BCUT2D eigenvalue weighted by Crippen LogP contribution is -2.13. The molecule has 4 heteroatoms. The van der Waals surface area contributed by atoms with E-state index in [0.29, 0.717) is 5.82 Å². The van der Waals surface area contributed by atoms with E-state index >= 15 is 0 Å². The van der Waals surface area contributed by atoms with Gasteiger partial charge in [0.1, 0.15) is 5.69 Å². The Hall–Kier alpha value is -1.81. The molecule has 0 saturated heterocycles. The summed E-state index contributed by atoms with van der Waals surface area (Å²) in [6.07, 6.45) is 0.954. The molecular weight excluding hydrogens is 236 g/mol. The van der Waals surface area contributed by atoms with E-state index in [1.807, 2.05) is 46.0 Å². The van der Waals surface area contributed by atoms with Crippen LogP contribution in [0.25, 0.3) is 11.5 Å². The van der Waals surface area contributed by atoms with Gasteiger partial charge < -0.3 is 5.32 Å². The Morgan fingerprint density at radius 3 is 2.26 bits per heavy atom. The molecule has 0 aromatic carbocycles. The van der Waals surface area contributed by atoms with Crippen molar-refractivity contribution in [1.82, 2.24) is 20.3 Å². The lowest BCUT2D eigenvalue weighted by Gasteiger charge is -2.10. The van der Waals surface area contributed by atoms with E-state index in [1.54, 1.807) is 0 Å². The van der Waals surface area contributed by atoms with Gasteiger partial charge in [0.05, 0.1) is 0 Å². The van der Waals surface area contributed by atoms with Crippen LogP contribution in [0.5, 0.6) is 0 Å². The van der Waals surface area contributed by atoms with Crippen molar-refractivity contribution in [3.63, 3.8) is 0 Å². The number of hydrogen-bond acceptors (Lipinski definition) is 4. The number of pyridine rings is 1. The van der Waals surface area contributed by atoms with Crippen LogP contribution in [0.15, 0.2) is 18.2 Å². The van der Waals surface area contributed by atoms with Gasteiger partial charge in [0, 0.05) is 17.1 Å². The van der Waals surface area contributed by atoms with Gasteiger partial charge >= 0.3 is 0 Å². The summed E-state index contributed by atoms with van der Waals surface area (Å²) in [4.78, 5) is 13.7. The molecule has 2 rings (SSSR count). The molecule has 0 saturated carbocycles. The Bertz CT molecular complexity index is 555. The molecular formula is C15H20N4. The zero-order chi connectivity index (χ0) is 13.8. The SMILES string of the molecule is CNCCc1c(C)nc(-c2cccc(C)n2)nc1C. The van der Waals surface area contributed by atoms with E-state index in [0.717, 1.165) is 35.7 Å². The third-order valence-electron chi connectivity index (χ3n) is 3.16. The first kappa shape index (κ1) is 13.6. The molecule has 2 aromatic heterocycles. The molecule has 0 aliphatic heterocycles. The van der Waals surface area contributed by atoms with Gasteiger partial charge in [0.25, 0.3) is 0 Å². The maximum atomic E-state index is 4.60. The predicted octanol–water partition coefficient (Wildman–Crippen LogP) is 2.23. The van der Waals surface area contributed by atoms with E-state index in [4.69, 9.17) is 0 Å². The minimum Gasteiger partial charge on any atom is -0.319 e. The molecule has 0 radical (unpaired) electrons. The van der Waals surface area contributed by atoms with E-state index < -0.39 is 0 Å². The van der Waals surface area contributed by atoms with Crippen molar-refractivity contribution in [2.45, 2.75) is 27.2 Å². The standard InChI is InChI=1S/C15H20N4/c1-10-6-5-7-14(17-10)15-18-11(2)13(8-9-16-4)12(3)19-15/h5-7,16H,8-9H2,1-4H3. The highest BCUT2D eigenvalue weighted by atomic mass is 14.9. The first-order valence-corrected chi connectivity index (χ1v) is 6.54. The second-order valence-electron chi connectivity index (χ2n) is 4.71. The summed E-state index contributed by atoms with van der Waals surface area (Å²) < 4.78 is 0. The Kier molecular flexibility index (Phi) is 4.22. The maximum Gasteiger partial charge on any atom is 0.178 e. The number of aromatic nitrogens is 3. The fourth-order valence-electron chi connectivity index (χ4n) is 2.13. The van der Waals surface area contributed by atoms with Crippen molar-refractivity contribution >= 4 is 0 Å². The number of aryl methyl sites for hydroxylation is 3. The smallest absolute Gasteiger partial charge is 0.178 e. The summed E-state index contributed by atoms with van der Waals surface area (Å²) in [6, 6.07) is 5.92. The summed E-state index contributed by atoms with van der Waals surface area (Å²) >= 11 is 0. The molecule has 0 unspecified atom stereocenters. The van der Waals surface area contributed by atoms with Crippen molar-refractivity contribution in [2.75, 3.05) is 13.6 Å². The van der Waals surface area contributed by atoms with Gasteiger partial charge in [0.2, 0.25) is 0 Å². The Morgan fingerprint density at radius 2 is 1.68 bits per heavy atom. The second kappa shape index (κ2) is 5.89. The van der Waals surface area contributed by atoms with Crippen LogP contribution in [0.4, 0.5) is 0 Å². The van der Waals surface area contributed by atoms with Crippen LogP contribution in [0.2, 0.25) is 0 Å². The van der Waals surface area contributed by atoms with Crippen LogP contribution in [0, 0.1) is 20.8 Å². The summed E-state index contributed by atoms with van der Waals surface area (Å²) in [7, 11) is 1.95. The number of nitrogens with zero attached hydrogens (tertiary/aromatic N) is 3. The van der Waals surface area contributed by atoms with Crippen molar-refractivity contribution in [2.24, 2.45) is 0 Å². The third kappa shape index (κ3) is 3.15. The average Bonchev–Trinajstić information content (AvgIpc) is 2.37. The first-order chi connectivity index (χ1) is 9.11. The fraction of sp³-hybridized carbons (Fsp3) is 0.400. The van der Waals surface area contributed by atoms with Crippen molar-refractivity contribution in [3.05, 3.63) is 40.8 Å². The summed E-state index contributed by atoms with van der Waals surface area (Å²) in [5.41, 5.74) is 5.13. The molecule has 100 valence electrons. The topological polar surface area (TPSA) is 50.7 Å². The first-order valence-electron chi connectivity index (χ1n) is 6.54. The molecule has 19 heavy (non-hydrogen) atoms. The van der Waals surface area contributed by atoms with Crippen molar-refractivity contribution < 1.29 is 0 Å². The van der Waals surface area contributed by atoms with E-state index in [9.17, 15) is 0 Å². The van der Waals surface area contributed by atoms with Crippen molar-refractivity contribution in [3.8, 4) is 11.5 Å².